The van der Waals surface area contributed by atoms with E-state index in [1.54, 1.807) is 0 Å². The van der Waals surface area contributed by atoms with Crippen molar-refractivity contribution in [3.63, 3.8) is 0 Å². The molecule has 0 bridgehead atoms. The van der Waals surface area contributed by atoms with E-state index in [2.05, 4.69) is 38.5 Å². The average molecular weight is 339 g/mol. The molecule has 2 aliphatic rings. The molecule has 0 aliphatic carbocycles. The van der Waals surface area contributed by atoms with E-state index >= 15 is 0 Å². The number of carbonyl (C=O) groups is 1. The van der Waals surface area contributed by atoms with Crippen molar-refractivity contribution < 1.29 is 4.79 Å². The fraction of sp³-hybridized carbons (Fsp3) is 0.500. The number of piperazine rings is 1. The molecule has 0 radical (unpaired) electrons. The Balaban J connectivity index is 1.85. The van der Waals surface area contributed by atoms with E-state index in [1.807, 2.05) is 23.1 Å². The number of benzene rings is 1. The normalized spacial score (nSPS) is 23.4. The number of fused-ring (bicyclic) bond motifs is 1. The fourth-order valence-electron chi connectivity index (χ4n) is 2.76. The average Bonchev–Trinajstić information content (AvgIpc) is 2.44. The zero-order valence-electron chi connectivity index (χ0n) is 11.5. The zero-order valence-corrected chi connectivity index (χ0v) is 13.1. The molecule has 2 heterocycles. The predicted molar refractivity (Wildman–Crippen MR) is 84.3 cm³/mol. The van der Waals surface area contributed by atoms with Gasteiger partial charge in [0.05, 0.1) is 17.9 Å². The van der Waals surface area contributed by atoms with Gasteiger partial charge in [0.1, 0.15) is 0 Å². The Hall–Kier alpha value is -1.11. The standard InChI is InChI=1S/C14H19BrN4O/c1-18-5-4-16-7-11(18)9-19-13-6-10(15)2-3-12(13)17-8-14(19)20/h2-3,6,11,16-17H,4-5,7-9H2,1H3. The smallest absolute Gasteiger partial charge is 0.246 e. The van der Waals surface area contributed by atoms with Gasteiger partial charge in [-0.25, -0.2) is 0 Å². The molecule has 1 fully saturated rings. The second-order valence-electron chi connectivity index (χ2n) is 5.36. The summed E-state index contributed by atoms with van der Waals surface area (Å²) in [4.78, 5) is 16.5. The first-order valence-electron chi connectivity index (χ1n) is 6.90. The van der Waals surface area contributed by atoms with Crippen LogP contribution in [0.3, 0.4) is 0 Å². The second kappa shape index (κ2) is 5.71. The molecule has 0 saturated carbocycles. The maximum absolute atomic E-state index is 12.3. The van der Waals surface area contributed by atoms with E-state index < -0.39 is 0 Å². The number of carbonyl (C=O) groups excluding carboxylic acids is 1. The van der Waals surface area contributed by atoms with Crippen LogP contribution in [0.25, 0.3) is 0 Å². The van der Waals surface area contributed by atoms with Gasteiger partial charge in [-0.2, -0.15) is 0 Å². The molecule has 0 aromatic heterocycles. The van der Waals surface area contributed by atoms with Crippen LogP contribution in [0.15, 0.2) is 22.7 Å². The number of nitrogens with zero attached hydrogens (tertiary/aromatic N) is 2. The molecule has 1 aromatic rings. The number of rotatable bonds is 2. The summed E-state index contributed by atoms with van der Waals surface area (Å²) < 4.78 is 0.993. The first-order chi connectivity index (χ1) is 9.65. The van der Waals surface area contributed by atoms with Gasteiger partial charge in [0.2, 0.25) is 5.91 Å². The molecule has 3 rings (SSSR count). The lowest BCUT2D eigenvalue weighted by Gasteiger charge is -2.38. The second-order valence-corrected chi connectivity index (χ2v) is 6.27. The predicted octanol–water partition coefficient (Wildman–Crippen LogP) is 1.11. The van der Waals surface area contributed by atoms with Crippen LogP contribution in [0.1, 0.15) is 0 Å². The molecule has 1 unspecified atom stereocenters. The highest BCUT2D eigenvalue weighted by atomic mass is 79.9. The molecular weight excluding hydrogens is 320 g/mol. The SMILES string of the molecule is CN1CCNCC1CN1C(=O)CNc2ccc(Br)cc21. The largest absolute Gasteiger partial charge is 0.374 e. The zero-order chi connectivity index (χ0) is 14.1. The number of halogens is 1. The minimum Gasteiger partial charge on any atom is -0.374 e. The van der Waals surface area contributed by atoms with Gasteiger partial charge in [-0.3, -0.25) is 9.69 Å². The molecule has 5 nitrogen and oxygen atoms in total. The number of likely N-dealkylation sites (N-methyl/N-ethyl adjacent to an activating group) is 1. The molecule has 1 atom stereocenters. The van der Waals surface area contributed by atoms with Crippen molar-refractivity contribution in [2.75, 3.05) is 50.0 Å². The monoisotopic (exact) mass is 338 g/mol. The number of hydrogen-bond donors (Lipinski definition) is 2. The minimum atomic E-state index is 0.134. The summed E-state index contributed by atoms with van der Waals surface area (Å²) in [6, 6.07) is 6.38. The Morgan fingerprint density at radius 1 is 1.45 bits per heavy atom. The summed E-state index contributed by atoms with van der Waals surface area (Å²) >= 11 is 3.49. The van der Waals surface area contributed by atoms with Crippen LogP contribution in [0.5, 0.6) is 0 Å². The molecule has 1 saturated heterocycles. The van der Waals surface area contributed by atoms with Crippen LogP contribution in [-0.2, 0) is 4.79 Å². The Morgan fingerprint density at radius 3 is 3.10 bits per heavy atom. The molecule has 6 heteroatoms. The molecule has 1 aromatic carbocycles. The van der Waals surface area contributed by atoms with Crippen molar-refractivity contribution in [2.24, 2.45) is 0 Å². The van der Waals surface area contributed by atoms with Crippen molar-refractivity contribution in [1.82, 2.24) is 10.2 Å². The first-order valence-corrected chi connectivity index (χ1v) is 7.69. The van der Waals surface area contributed by atoms with Crippen molar-refractivity contribution in [1.29, 1.82) is 0 Å². The summed E-state index contributed by atoms with van der Waals surface area (Å²) in [6.07, 6.45) is 0. The van der Waals surface area contributed by atoms with Gasteiger partial charge in [0, 0.05) is 36.7 Å². The van der Waals surface area contributed by atoms with Gasteiger partial charge in [-0.15, -0.1) is 0 Å². The van der Waals surface area contributed by atoms with Crippen molar-refractivity contribution in [3.05, 3.63) is 22.7 Å². The third-order valence-corrected chi connectivity index (χ3v) is 4.51. The number of hydrogen-bond acceptors (Lipinski definition) is 4. The number of anilines is 2. The molecule has 2 aliphatic heterocycles. The highest BCUT2D eigenvalue weighted by Gasteiger charge is 2.29. The highest BCUT2D eigenvalue weighted by Crippen LogP contribution is 2.32. The maximum atomic E-state index is 12.3. The number of nitrogens with one attached hydrogen (secondary N) is 2. The van der Waals surface area contributed by atoms with Gasteiger partial charge < -0.3 is 15.5 Å². The lowest BCUT2D eigenvalue weighted by molar-refractivity contribution is -0.117. The van der Waals surface area contributed by atoms with Crippen molar-refractivity contribution >= 4 is 33.2 Å². The van der Waals surface area contributed by atoms with E-state index in [9.17, 15) is 4.79 Å². The van der Waals surface area contributed by atoms with Crippen LogP contribution in [0, 0.1) is 0 Å². The lowest BCUT2D eigenvalue weighted by Crippen LogP contribution is -2.56. The maximum Gasteiger partial charge on any atom is 0.246 e. The Kier molecular flexibility index (Phi) is 3.96. The quantitative estimate of drug-likeness (QED) is 0.848. The van der Waals surface area contributed by atoms with E-state index in [1.165, 1.54) is 0 Å². The van der Waals surface area contributed by atoms with E-state index in [4.69, 9.17) is 0 Å². The summed E-state index contributed by atoms with van der Waals surface area (Å²) in [6.45, 7) is 4.07. The molecule has 20 heavy (non-hydrogen) atoms. The van der Waals surface area contributed by atoms with Gasteiger partial charge in [0.25, 0.3) is 0 Å². The van der Waals surface area contributed by atoms with Crippen LogP contribution in [0.2, 0.25) is 0 Å². The van der Waals surface area contributed by atoms with Crippen molar-refractivity contribution in [3.8, 4) is 0 Å². The molecule has 1 amide bonds. The highest BCUT2D eigenvalue weighted by molar-refractivity contribution is 9.10. The third-order valence-electron chi connectivity index (χ3n) is 4.02. The van der Waals surface area contributed by atoms with Crippen LogP contribution < -0.4 is 15.5 Å². The van der Waals surface area contributed by atoms with Gasteiger partial charge in [-0.1, -0.05) is 15.9 Å². The van der Waals surface area contributed by atoms with E-state index in [0.29, 0.717) is 12.6 Å². The summed E-state index contributed by atoms with van der Waals surface area (Å²) in [5.74, 6) is 0.134. The van der Waals surface area contributed by atoms with Crippen LogP contribution in [-0.4, -0.2) is 56.6 Å². The third kappa shape index (κ3) is 2.68. The first kappa shape index (κ1) is 13.9. The Labute approximate surface area is 127 Å². The Bertz CT molecular complexity index is 522. The summed E-state index contributed by atoms with van der Waals surface area (Å²) in [7, 11) is 2.13. The van der Waals surface area contributed by atoms with Crippen LogP contribution >= 0.6 is 15.9 Å². The fourth-order valence-corrected chi connectivity index (χ4v) is 3.10. The topological polar surface area (TPSA) is 47.6 Å². The van der Waals surface area contributed by atoms with E-state index in [-0.39, 0.29) is 5.91 Å². The van der Waals surface area contributed by atoms with Crippen LogP contribution in [0.4, 0.5) is 11.4 Å². The van der Waals surface area contributed by atoms with Gasteiger partial charge >= 0.3 is 0 Å². The van der Waals surface area contributed by atoms with Crippen molar-refractivity contribution in [2.45, 2.75) is 6.04 Å². The van der Waals surface area contributed by atoms with Gasteiger partial charge in [0.15, 0.2) is 0 Å². The summed E-state index contributed by atoms with van der Waals surface area (Å²) in [5.41, 5.74) is 1.99. The molecule has 108 valence electrons. The molecule has 2 N–H and O–H groups in total. The number of amides is 1. The minimum absolute atomic E-state index is 0.134. The van der Waals surface area contributed by atoms with E-state index in [0.717, 1.165) is 42.0 Å². The molecule has 0 spiro atoms. The summed E-state index contributed by atoms with van der Waals surface area (Å²) in [5, 5.41) is 6.58. The lowest BCUT2D eigenvalue weighted by atomic mass is 10.1. The molecular formula is C14H19BrN4O. The van der Waals surface area contributed by atoms with Gasteiger partial charge in [-0.05, 0) is 25.2 Å². The Morgan fingerprint density at radius 2 is 2.30 bits per heavy atom.